The number of nitrogens with zero attached hydrogens (tertiary/aromatic N) is 3. The third-order valence-electron chi connectivity index (χ3n) is 3.73. The van der Waals surface area contributed by atoms with Crippen LogP contribution in [0.25, 0.3) is 0 Å². The van der Waals surface area contributed by atoms with Crippen molar-refractivity contribution in [1.29, 1.82) is 0 Å². The van der Waals surface area contributed by atoms with Gasteiger partial charge in [-0.05, 0) is 19.3 Å². The molecule has 0 aromatic carbocycles. The third-order valence-corrected chi connectivity index (χ3v) is 3.73. The van der Waals surface area contributed by atoms with Gasteiger partial charge in [-0.3, -0.25) is 4.79 Å². The van der Waals surface area contributed by atoms with Crippen LogP contribution in [0.4, 0.5) is 0 Å². The minimum atomic E-state index is 0.0266. The molecule has 2 heterocycles. The van der Waals surface area contributed by atoms with E-state index in [0.717, 1.165) is 31.0 Å². The molecule has 0 radical (unpaired) electrons. The van der Waals surface area contributed by atoms with Gasteiger partial charge in [0.25, 0.3) is 0 Å². The van der Waals surface area contributed by atoms with Gasteiger partial charge in [0.05, 0.1) is 18.6 Å². The number of aromatic nitrogens is 3. The molecule has 98 valence electrons. The van der Waals surface area contributed by atoms with E-state index in [0.29, 0.717) is 6.54 Å². The minimum absolute atomic E-state index is 0.0266. The van der Waals surface area contributed by atoms with Crippen molar-refractivity contribution in [1.82, 2.24) is 20.1 Å². The summed E-state index contributed by atoms with van der Waals surface area (Å²) in [7, 11) is 1.65. The van der Waals surface area contributed by atoms with Gasteiger partial charge in [0.2, 0.25) is 5.91 Å². The van der Waals surface area contributed by atoms with Crippen LogP contribution in [0.2, 0.25) is 0 Å². The van der Waals surface area contributed by atoms with Crippen molar-refractivity contribution in [2.24, 2.45) is 5.92 Å². The highest BCUT2D eigenvalue weighted by Crippen LogP contribution is 2.33. The number of amides is 1. The first kappa shape index (κ1) is 11.6. The zero-order valence-corrected chi connectivity index (χ0v) is 10.6. The quantitative estimate of drug-likeness (QED) is 0.832. The molecule has 1 aliphatic carbocycles. The molecule has 1 aliphatic heterocycles. The predicted octanol–water partition coefficient (Wildman–Crippen LogP) is 0.265. The first-order valence-electron chi connectivity index (χ1n) is 6.51. The van der Waals surface area contributed by atoms with Crippen LogP contribution < -0.4 is 5.32 Å². The van der Waals surface area contributed by atoms with Crippen molar-refractivity contribution >= 4 is 5.91 Å². The van der Waals surface area contributed by atoms with Crippen LogP contribution in [0.1, 0.15) is 30.9 Å². The normalized spacial score (nSPS) is 25.6. The molecule has 1 N–H and O–H groups in total. The van der Waals surface area contributed by atoms with E-state index in [1.54, 1.807) is 7.11 Å². The molecule has 0 spiro atoms. The summed E-state index contributed by atoms with van der Waals surface area (Å²) in [4.78, 5) is 11.8. The average molecular weight is 250 g/mol. The van der Waals surface area contributed by atoms with Crippen LogP contribution in [-0.2, 0) is 29.0 Å². The Hall–Kier alpha value is -1.43. The second kappa shape index (κ2) is 4.68. The summed E-state index contributed by atoms with van der Waals surface area (Å²) in [6.45, 7) is 1.44. The maximum absolute atomic E-state index is 11.8. The highest BCUT2D eigenvalue weighted by Gasteiger charge is 2.43. The Morgan fingerprint density at radius 1 is 1.50 bits per heavy atom. The fourth-order valence-corrected chi connectivity index (χ4v) is 2.50. The number of nitrogens with one attached hydrogen (secondary N) is 1. The van der Waals surface area contributed by atoms with E-state index in [1.807, 2.05) is 0 Å². The van der Waals surface area contributed by atoms with Gasteiger partial charge in [0.15, 0.2) is 5.82 Å². The lowest BCUT2D eigenvalue weighted by Gasteiger charge is -2.14. The minimum Gasteiger partial charge on any atom is -0.381 e. The van der Waals surface area contributed by atoms with E-state index in [1.165, 1.54) is 12.8 Å². The number of carbonyl (C=O) groups excluding carboxylic acids is 1. The Labute approximate surface area is 106 Å². The van der Waals surface area contributed by atoms with Crippen LogP contribution in [0.15, 0.2) is 0 Å². The molecule has 18 heavy (non-hydrogen) atoms. The number of methoxy groups -OCH3 is 1. The van der Waals surface area contributed by atoms with Gasteiger partial charge < -0.3 is 14.6 Å². The maximum Gasteiger partial charge on any atom is 0.226 e. The van der Waals surface area contributed by atoms with Gasteiger partial charge in [0, 0.05) is 20.1 Å². The van der Waals surface area contributed by atoms with Gasteiger partial charge in [-0.25, -0.2) is 0 Å². The molecule has 6 nitrogen and oxygen atoms in total. The number of carbonyl (C=O) groups is 1. The molecule has 1 saturated carbocycles. The molecule has 3 rings (SSSR count). The molecular formula is C12H18N4O2. The lowest BCUT2D eigenvalue weighted by atomic mass is 10.2. The number of rotatable bonds is 4. The second-order valence-corrected chi connectivity index (χ2v) is 4.98. The van der Waals surface area contributed by atoms with Gasteiger partial charge >= 0.3 is 0 Å². The Morgan fingerprint density at radius 2 is 2.39 bits per heavy atom. The molecule has 1 aromatic rings. The van der Waals surface area contributed by atoms with Crippen molar-refractivity contribution in [3.05, 3.63) is 11.6 Å². The maximum atomic E-state index is 11.8. The Morgan fingerprint density at radius 3 is 3.17 bits per heavy atom. The van der Waals surface area contributed by atoms with Crippen molar-refractivity contribution in [2.45, 2.75) is 44.9 Å². The van der Waals surface area contributed by atoms with Crippen LogP contribution in [-0.4, -0.2) is 33.9 Å². The van der Waals surface area contributed by atoms with Crippen LogP contribution in [0, 0.1) is 5.92 Å². The smallest absolute Gasteiger partial charge is 0.226 e. The van der Waals surface area contributed by atoms with Gasteiger partial charge in [-0.15, -0.1) is 10.2 Å². The summed E-state index contributed by atoms with van der Waals surface area (Å²) in [6.07, 6.45) is 4.29. The molecule has 6 heteroatoms. The van der Waals surface area contributed by atoms with Crippen LogP contribution in [0.5, 0.6) is 0 Å². The third kappa shape index (κ3) is 2.12. The largest absolute Gasteiger partial charge is 0.381 e. The first-order chi connectivity index (χ1) is 8.79. The van der Waals surface area contributed by atoms with Crippen molar-refractivity contribution in [3.63, 3.8) is 0 Å². The van der Waals surface area contributed by atoms with Crippen molar-refractivity contribution in [2.75, 3.05) is 7.11 Å². The van der Waals surface area contributed by atoms with E-state index in [4.69, 9.17) is 4.74 Å². The lowest BCUT2D eigenvalue weighted by molar-refractivity contribution is -0.123. The monoisotopic (exact) mass is 250 g/mol. The summed E-state index contributed by atoms with van der Waals surface area (Å²) in [5, 5.41) is 11.2. The van der Waals surface area contributed by atoms with Crippen LogP contribution in [0.3, 0.4) is 0 Å². The SMILES string of the molecule is CO[C@@H]1C[C@H]1C(=O)NCc1nnc2n1CCCC2. The lowest BCUT2D eigenvalue weighted by Crippen LogP contribution is -2.28. The fraction of sp³-hybridized carbons (Fsp3) is 0.750. The summed E-state index contributed by atoms with van der Waals surface area (Å²) >= 11 is 0. The molecular weight excluding hydrogens is 232 g/mol. The van der Waals surface area contributed by atoms with Gasteiger partial charge in [0.1, 0.15) is 5.82 Å². The molecule has 1 fully saturated rings. The zero-order chi connectivity index (χ0) is 12.5. The average Bonchev–Trinajstić information content (AvgIpc) is 3.09. The number of hydrogen-bond acceptors (Lipinski definition) is 4. The van der Waals surface area contributed by atoms with E-state index < -0.39 is 0 Å². The summed E-state index contributed by atoms with van der Waals surface area (Å²) < 4.78 is 7.26. The molecule has 1 amide bonds. The van der Waals surface area contributed by atoms with Gasteiger partial charge in [-0.2, -0.15) is 0 Å². The Bertz CT molecular complexity index is 457. The van der Waals surface area contributed by atoms with E-state index >= 15 is 0 Å². The molecule has 0 bridgehead atoms. The van der Waals surface area contributed by atoms with Crippen molar-refractivity contribution in [3.8, 4) is 0 Å². The molecule has 2 atom stereocenters. The molecule has 0 unspecified atom stereocenters. The number of aryl methyl sites for hydroxylation is 1. The Balaban J connectivity index is 1.57. The first-order valence-corrected chi connectivity index (χ1v) is 6.51. The summed E-state index contributed by atoms with van der Waals surface area (Å²) in [6, 6.07) is 0. The standard InChI is InChI=1S/C12H18N4O2/c1-18-9-6-8(9)12(17)13-7-11-15-14-10-4-2-3-5-16(10)11/h8-9H,2-7H2,1H3,(H,13,17)/t8-,9-/m1/s1. The molecule has 1 aromatic heterocycles. The van der Waals surface area contributed by atoms with E-state index in [-0.39, 0.29) is 17.9 Å². The van der Waals surface area contributed by atoms with Gasteiger partial charge in [-0.1, -0.05) is 0 Å². The topological polar surface area (TPSA) is 69.0 Å². The number of fused-ring (bicyclic) bond motifs is 1. The predicted molar refractivity (Wildman–Crippen MR) is 63.7 cm³/mol. The highest BCUT2D eigenvalue weighted by molar-refractivity contribution is 5.81. The molecule has 2 aliphatic rings. The zero-order valence-electron chi connectivity index (χ0n) is 10.6. The molecule has 0 saturated heterocycles. The number of hydrogen-bond donors (Lipinski definition) is 1. The van der Waals surface area contributed by atoms with E-state index in [2.05, 4.69) is 20.1 Å². The highest BCUT2D eigenvalue weighted by atomic mass is 16.5. The number of ether oxygens (including phenoxy) is 1. The second-order valence-electron chi connectivity index (χ2n) is 4.98. The fourth-order valence-electron chi connectivity index (χ4n) is 2.50. The summed E-state index contributed by atoms with van der Waals surface area (Å²) in [5.74, 6) is 2.01. The van der Waals surface area contributed by atoms with Crippen molar-refractivity contribution < 1.29 is 9.53 Å². The summed E-state index contributed by atoms with van der Waals surface area (Å²) in [5.41, 5.74) is 0. The Kier molecular flexibility index (Phi) is 3.03. The van der Waals surface area contributed by atoms with E-state index in [9.17, 15) is 4.79 Å². The van der Waals surface area contributed by atoms with Crippen LogP contribution >= 0.6 is 0 Å².